The number of aromatic nitrogens is 1. The Kier molecular flexibility index (Phi) is 6.15. The van der Waals surface area contributed by atoms with Crippen LogP contribution in [-0.2, 0) is 11.3 Å². The summed E-state index contributed by atoms with van der Waals surface area (Å²) in [6.45, 7) is 2.17. The quantitative estimate of drug-likeness (QED) is 0.648. The van der Waals surface area contributed by atoms with Gasteiger partial charge >= 0.3 is 0 Å². The molecule has 0 saturated heterocycles. The van der Waals surface area contributed by atoms with Gasteiger partial charge in [0, 0.05) is 25.4 Å². The zero-order valence-electron chi connectivity index (χ0n) is 9.79. The number of nitrogens with one attached hydrogen (secondary N) is 2. The van der Waals surface area contributed by atoms with Gasteiger partial charge in [0.2, 0.25) is 9.70 Å². The van der Waals surface area contributed by atoms with Gasteiger partial charge in [0.15, 0.2) is 0 Å². The lowest BCUT2D eigenvalue weighted by Crippen LogP contribution is -2.52. The van der Waals surface area contributed by atoms with E-state index in [4.69, 9.17) is 34.8 Å². The van der Waals surface area contributed by atoms with Crippen LogP contribution in [0.3, 0.4) is 0 Å². The lowest BCUT2D eigenvalue weighted by atomic mass is 10.3. The van der Waals surface area contributed by atoms with Crippen LogP contribution >= 0.6 is 34.8 Å². The summed E-state index contributed by atoms with van der Waals surface area (Å²) in [5, 5.41) is 5.58. The number of alkyl halides is 3. The zero-order valence-corrected chi connectivity index (χ0v) is 12.1. The maximum absolute atomic E-state index is 11.3. The van der Waals surface area contributed by atoms with E-state index in [0.29, 0.717) is 13.0 Å². The minimum absolute atomic E-state index is 0.190. The van der Waals surface area contributed by atoms with Crippen molar-refractivity contribution in [2.45, 2.75) is 29.8 Å². The number of pyridine rings is 1. The Bertz CT molecular complexity index is 381. The SMILES string of the molecule is CCC(=O)N[C@@H](NCc1cccnc1)C(Cl)(Cl)Cl. The molecule has 0 aliphatic carbocycles. The second-order valence-electron chi connectivity index (χ2n) is 3.64. The average Bonchev–Trinajstić information content (AvgIpc) is 2.34. The average molecular weight is 311 g/mol. The molecule has 0 unspecified atom stereocenters. The van der Waals surface area contributed by atoms with Gasteiger partial charge in [-0.3, -0.25) is 15.1 Å². The summed E-state index contributed by atoms with van der Waals surface area (Å²) >= 11 is 17.4. The number of nitrogens with zero attached hydrogens (tertiary/aromatic N) is 1. The molecule has 0 radical (unpaired) electrons. The number of amides is 1. The Morgan fingerprint density at radius 2 is 2.22 bits per heavy atom. The summed E-state index contributed by atoms with van der Waals surface area (Å²) in [6, 6.07) is 3.70. The van der Waals surface area contributed by atoms with Gasteiger partial charge in [0.25, 0.3) is 0 Å². The Morgan fingerprint density at radius 3 is 2.72 bits per heavy atom. The van der Waals surface area contributed by atoms with E-state index in [-0.39, 0.29) is 5.91 Å². The standard InChI is InChI=1S/C11H14Cl3N3O/c1-2-9(18)17-10(11(12,13)14)16-7-8-4-3-5-15-6-8/h3-6,10,16H,2,7H2,1H3,(H,17,18)/t10-/m1/s1. The van der Waals surface area contributed by atoms with Gasteiger partial charge in [0.05, 0.1) is 0 Å². The van der Waals surface area contributed by atoms with Crippen LogP contribution in [0.2, 0.25) is 0 Å². The van der Waals surface area contributed by atoms with Crippen molar-refractivity contribution in [2.24, 2.45) is 0 Å². The third kappa shape index (κ3) is 5.40. The lowest BCUT2D eigenvalue weighted by molar-refractivity contribution is -0.121. The van der Waals surface area contributed by atoms with Crippen LogP contribution in [0.1, 0.15) is 18.9 Å². The molecule has 18 heavy (non-hydrogen) atoms. The fourth-order valence-corrected chi connectivity index (χ4v) is 1.63. The number of halogens is 3. The third-order valence-corrected chi connectivity index (χ3v) is 2.84. The van der Waals surface area contributed by atoms with Crippen molar-refractivity contribution >= 4 is 40.7 Å². The molecule has 1 atom stereocenters. The Hall–Kier alpha value is -0.550. The molecule has 0 aromatic carbocycles. The largest absolute Gasteiger partial charge is 0.337 e. The molecule has 1 amide bonds. The van der Waals surface area contributed by atoms with Crippen LogP contribution in [0.4, 0.5) is 0 Å². The first-order chi connectivity index (χ1) is 8.43. The van der Waals surface area contributed by atoms with Crippen LogP contribution < -0.4 is 10.6 Å². The van der Waals surface area contributed by atoms with Gasteiger partial charge in [-0.2, -0.15) is 0 Å². The molecule has 100 valence electrons. The summed E-state index contributed by atoms with van der Waals surface area (Å²) in [7, 11) is 0. The van der Waals surface area contributed by atoms with Gasteiger partial charge < -0.3 is 5.32 Å². The predicted octanol–water partition coefficient (Wildman–Crippen LogP) is 2.39. The summed E-state index contributed by atoms with van der Waals surface area (Å²) in [5.74, 6) is -0.190. The molecular formula is C11H14Cl3N3O. The molecule has 2 N–H and O–H groups in total. The van der Waals surface area contributed by atoms with Crippen molar-refractivity contribution in [3.63, 3.8) is 0 Å². The van der Waals surface area contributed by atoms with E-state index < -0.39 is 9.96 Å². The molecule has 1 rings (SSSR count). The Balaban J connectivity index is 2.59. The van der Waals surface area contributed by atoms with Crippen molar-refractivity contribution in [1.29, 1.82) is 0 Å². The summed E-state index contributed by atoms with van der Waals surface area (Å²) < 4.78 is -1.62. The maximum atomic E-state index is 11.3. The zero-order chi connectivity index (χ0) is 13.6. The van der Waals surface area contributed by atoms with Crippen LogP contribution in [0.5, 0.6) is 0 Å². The highest BCUT2D eigenvalue weighted by molar-refractivity contribution is 6.68. The molecule has 0 aliphatic heterocycles. The van der Waals surface area contributed by atoms with Crippen LogP contribution in [0, 0.1) is 0 Å². The van der Waals surface area contributed by atoms with Crippen molar-refractivity contribution in [3.8, 4) is 0 Å². The molecule has 1 aromatic rings. The van der Waals surface area contributed by atoms with Crippen LogP contribution in [0.15, 0.2) is 24.5 Å². The molecule has 1 aromatic heterocycles. The van der Waals surface area contributed by atoms with E-state index in [9.17, 15) is 4.79 Å². The van der Waals surface area contributed by atoms with Crippen molar-refractivity contribution in [1.82, 2.24) is 15.6 Å². The van der Waals surface area contributed by atoms with E-state index in [1.165, 1.54) is 0 Å². The third-order valence-electron chi connectivity index (χ3n) is 2.19. The second kappa shape index (κ2) is 7.14. The van der Waals surface area contributed by atoms with E-state index in [0.717, 1.165) is 5.56 Å². The molecule has 4 nitrogen and oxygen atoms in total. The fourth-order valence-electron chi connectivity index (χ4n) is 1.23. The number of carbonyl (C=O) groups excluding carboxylic acids is 1. The summed E-state index contributed by atoms with van der Waals surface area (Å²) in [6.07, 6.45) is 2.94. The first kappa shape index (κ1) is 15.5. The number of rotatable bonds is 5. The molecular weight excluding hydrogens is 296 g/mol. The summed E-state index contributed by atoms with van der Waals surface area (Å²) in [4.78, 5) is 15.3. The van der Waals surface area contributed by atoms with Gasteiger partial charge in [-0.1, -0.05) is 47.8 Å². The van der Waals surface area contributed by atoms with Gasteiger partial charge in [-0.25, -0.2) is 0 Å². The second-order valence-corrected chi connectivity index (χ2v) is 6.01. The lowest BCUT2D eigenvalue weighted by Gasteiger charge is -2.26. The molecule has 0 saturated carbocycles. The highest BCUT2D eigenvalue weighted by Crippen LogP contribution is 2.29. The topological polar surface area (TPSA) is 54.0 Å². The van der Waals surface area contributed by atoms with Crippen LogP contribution in [0.25, 0.3) is 0 Å². The smallest absolute Gasteiger partial charge is 0.223 e. The highest BCUT2D eigenvalue weighted by Gasteiger charge is 2.33. The van der Waals surface area contributed by atoms with Crippen molar-refractivity contribution < 1.29 is 4.79 Å². The van der Waals surface area contributed by atoms with E-state index in [1.807, 2.05) is 12.1 Å². The van der Waals surface area contributed by atoms with Crippen molar-refractivity contribution in [2.75, 3.05) is 0 Å². The monoisotopic (exact) mass is 309 g/mol. The maximum Gasteiger partial charge on any atom is 0.223 e. The number of carbonyl (C=O) groups is 1. The molecule has 7 heteroatoms. The number of hydrogen-bond donors (Lipinski definition) is 2. The van der Waals surface area contributed by atoms with Gasteiger partial charge in [0.1, 0.15) is 6.17 Å². The van der Waals surface area contributed by atoms with Gasteiger partial charge in [-0.05, 0) is 11.6 Å². The first-order valence-corrected chi connectivity index (χ1v) is 6.55. The Labute approximate surface area is 121 Å². The van der Waals surface area contributed by atoms with Gasteiger partial charge in [-0.15, -0.1) is 0 Å². The fraction of sp³-hybridized carbons (Fsp3) is 0.455. The molecule has 1 heterocycles. The normalized spacial score (nSPS) is 13.1. The van der Waals surface area contributed by atoms with Crippen LogP contribution in [-0.4, -0.2) is 20.8 Å². The first-order valence-electron chi connectivity index (χ1n) is 5.42. The molecule has 0 spiro atoms. The summed E-state index contributed by atoms with van der Waals surface area (Å²) in [5.41, 5.74) is 0.933. The van der Waals surface area contributed by atoms with E-state index in [2.05, 4.69) is 15.6 Å². The highest BCUT2D eigenvalue weighted by atomic mass is 35.6. The van der Waals surface area contributed by atoms with E-state index in [1.54, 1.807) is 19.3 Å². The molecule has 0 bridgehead atoms. The Morgan fingerprint density at radius 1 is 1.50 bits per heavy atom. The minimum atomic E-state index is -1.62. The number of hydrogen-bond acceptors (Lipinski definition) is 3. The minimum Gasteiger partial charge on any atom is -0.337 e. The van der Waals surface area contributed by atoms with E-state index >= 15 is 0 Å². The van der Waals surface area contributed by atoms with Crippen molar-refractivity contribution in [3.05, 3.63) is 30.1 Å². The predicted molar refractivity (Wildman–Crippen MR) is 73.6 cm³/mol. The molecule has 0 aliphatic rings. The molecule has 0 fully saturated rings.